The van der Waals surface area contributed by atoms with Crippen LogP contribution < -0.4 is 4.90 Å². The highest BCUT2D eigenvalue weighted by molar-refractivity contribution is 5.96. The minimum atomic E-state index is -0.328. The van der Waals surface area contributed by atoms with Gasteiger partial charge in [-0.25, -0.2) is 4.39 Å². The molecule has 2 N–H and O–H groups in total. The Morgan fingerprint density at radius 1 is 1.09 bits per heavy atom. The molecule has 2 aliphatic rings. The molecule has 1 aromatic carbocycles. The van der Waals surface area contributed by atoms with E-state index in [0.717, 1.165) is 0 Å². The van der Waals surface area contributed by atoms with Gasteiger partial charge in [0, 0.05) is 18.5 Å². The summed E-state index contributed by atoms with van der Waals surface area (Å²) in [6.07, 6.45) is 2.03. The monoisotopic (exact) mass is 325 g/mol. The average Bonchev–Trinajstić information content (AvgIpc) is 3.14. The van der Waals surface area contributed by atoms with E-state index in [0.29, 0.717) is 31.4 Å². The highest BCUT2D eigenvalue weighted by Crippen LogP contribution is 2.26. The van der Waals surface area contributed by atoms with Crippen molar-refractivity contribution in [1.29, 1.82) is 0 Å². The number of benzene rings is 1. The van der Waals surface area contributed by atoms with Crippen LogP contribution >= 0.6 is 0 Å². The highest BCUT2D eigenvalue weighted by atomic mass is 19.1. The maximum atomic E-state index is 12.7. The molecule has 3 rings (SSSR count). The fourth-order valence-electron chi connectivity index (χ4n) is 2.58. The molecule has 0 saturated carbocycles. The molecule has 2 heterocycles. The van der Waals surface area contributed by atoms with Crippen LogP contribution in [0.4, 0.5) is 10.1 Å². The molecule has 0 spiro atoms. The van der Waals surface area contributed by atoms with Crippen molar-refractivity contribution >= 4 is 17.6 Å². The number of ether oxygens (including phenoxy) is 1. The number of aliphatic hydroxyl groups is 2. The van der Waals surface area contributed by atoms with Gasteiger partial charge in [-0.15, -0.1) is 0 Å². The molecule has 6 nitrogen and oxygen atoms in total. The summed E-state index contributed by atoms with van der Waals surface area (Å²) in [5.41, 5.74) is 0.651. The van der Waals surface area contributed by atoms with Gasteiger partial charge in [0.1, 0.15) is 11.9 Å². The molecule has 2 atom stereocenters. The third kappa shape index (κ3) is 4.49. The Hall–Kier alpha value is -1.99. The van der Waals surface area contributed by atoms with Crippen LogP contribution in [0.25, 0.3) is 0 Å². The van der Waals surface area contributed by atoms with E-state index in [4.69, 9.17) is 10.2 Å². The highest BCUT2D eigenvalue weighted by Gasteiger charge is 2.31. The number of esters is 1. The van der Waals surface area contributed by atoms with Gasteiger partial charge in [-0.05, 0) is 37.1 Å². The topological polar surface area (TPSA) is 87.1 Å². The van der Waals surface area contributed by atoms with Crippen LogP contribution in [-0.4, -0.2) is 47.4 Å². The molecule has 1 amide bonds. The standard InChI is InChI=1S/C11H12FNO2.C5H8O3/c12-8-1-3-9(4-2-8)13-10(7-14)5-6-11(13)15;6-3-4-1-2-5(7)8-4/h1-4,10,14H,5-7H2;4,6H,1-3H2/t10-;4-/m01/s1. The Bertz CT molecular complexity index is 548. The summed E-state index contributed by atoms with van der Waals surface area (Å²) in [7, 11) is 0. The number of nitrogens with zero attached hydrogens (tertiary/aromatic N) is 1. The minimum absolute atomic E-state index is 0.0133. The van der Waals surface area contributed by atoms with Gasteiger partial charge >= 0.3 is 5.97 Å². The lowest BCUT2D eigenvalue weighted by atomic mass is 10.2. The second-order valence-corrected chi connectivity index (χ2v) is 5.45. The second-order valence-electron chi connectivity index (χ2n) is 5.45. The molecule has 2 saturated heterocycles. The summed E-state index contributed by atoms with van der Waals surface area (Å²) in [5.74, 6) is -0.532. The number of amides is 1. The molecule has 0 unspecified atom stereocenters. The van der Waals surface area contributed by atoms with Crippen molar-refractivity contribution in [3.8, 4) is 0 Å². The quantitative estimate of drug-likeness (QED) is 0.810. The number of carbonyl (C=O) groups is 2. The van der Waals surface area contributed by atoms with E-state index in [1.807, 2.05) is 0 Å². The normalized spacial score (nSPS) is 23.5. The van der Waals surface area contributed by atoms with E-state index < -0.39 is 0 Å². The molecule has 7 heteroatoms. The number of aliphatic hydroxyl groups excluding tert-OH is 2. The second kappa shape index (κ2) is 8.03. The van der Waals surface area contributed by atoms with Crippen LogP contribution in [0.1, 0.15) is 25.7 Å². The third-order valence-corrected chi connectivity index (χ3v) is 3.81. The molecular weight excluding hydrogens is 305 g/mol. The summed E-state index contributed by atoms with van der Waals surface area (Å²) in [4.78, 5) is 23.4. The van der Waals surface area contributed by atoms with Crippen molar-refractivity contribution in [1.82, 2.24) is 0 Å². The Morgan fingerprint density at radius 2 is 1.78 bits per heavy atom. The van der Waals surface area contributed by atoms with Gasteiger partial charge in [0.05, 0.1) is 19.3 Å². The zero-order chi connectivity index (χ0) is 16.8. The summed E-state index contributed by atoms with van der Waals surface area (Å²) in [6, 6.07) is 5.58. The van der Waals surface area contributed by atoms with Crippen molar-refractivity contribution in [2.45, 2.75) is 37.8 Å². The maximum Gasteiger partial charge on any atom is 0.306 e. The van der Waals surface area contributed by atoms with Crippen molar-refractivity contribution in [2.75, 3.05) is 18.1 Å². The molecule has 126 valence electrons. The zero-order valence-electron chi connectivity index (χ0n) is 12.7. The van der Waals surface area contributed by atoms with E-state index >= 15 is 0 Å². The Kier molecular flexibility index (Phi) is 6.06. The molecule has 0 radical (unpaired) electrons. The minimum Gasteiger partial charge on any atom is -0.460 e. The van der Waals surface area contributed by atoms with Crippen LogP contribution in [0.5, 0.6) is 0 Å². The Labute approximate surface area is 133 Å². The van der Waals surface area contributed by atoms with Gasteiger partial charge in [0.15, 0.2) is 0 Å². The van der Waals surface area contributed by atoms with Gasteiger partial charge in [0.2, 0.25) is 5.91 Å². The van der Waals surface area contributed by atoms with E-state index in [9.17, 15) is 14.0 Å². The first-order valence-electron chi connectivity index (χ1n) is 7.54. The van der Waals surface area contributed by atoms with Crippen molar-refractivity contribution < 1.29 is 28.9 Å². The zero-order valence-corrected chi connectivity index (χ0v) is 12.7. The van der Waals surface area contributed by atoms with Gasteiger partial charge in [-0.2, -0.15) is 0 Å². The molecule has 0 aromatic heterocycles. The van der Waals surface area contributed by atoms with Gasteiger partial charge in [-0.1, -0.05) is 0 Å². The predicted octanol–water partition coefficient (Wildman–Crippen LogP) is 0.998. The lowest BCUT2D eigenvalue weighted by Crippen LogP contribution is -2.35. The summed E-state index contributed by atoms with van der Waals surface area (Å²) < 4.78 is 17.3. The van der Waals surface area contributed by atoms with Gasteiger partial charge in [0.25, 0.3) is 0 Å². The van der Waals surface area contributed by atoms with Gasteiger partial charge in [-0.3, -0.25) is 9.59 Å². The summed E-state index contributed by atoms with van der Waals surface area (Å²) in [5, 5.41) is 17.5. The van der Waals surface area contributed by atoms with Crippen LogP contribution in [0.15, 0.2) is 24.3 Å². The van der Waals surface area contributed by atoms with Gasteiger partial charge < -0.3 is 19.8 Å². The number of hydrogen-bond acceptors (Lipinski definition) is 5. The first kappa shape index (κ1) is 17.4. The van der Waals surface area contributed by atoms with E-state index in [1.54, 1.807) is 17.0 Å². The van der Waals surface area contributed by atoms with E-state index in [1.165, 1.54) is 12.1 Å². The van der Waals surface area contributed by atoms with E-state index in [-0.39, 0.29) is 43.1 Å². The molecule has 0 bridgehead atoms. The number of rotatable bonds is 3. The average molecular weight is 325 g/mol. The first-order chi connectivity index (χ1) is 11.0. The van der Waals surface area contributed by atoms with Crippen LogP contribution in [0.2, 0.25) is 0 Å². The Balaban J connectivity index is 0.000000203. The predicted molar refractivity (Wildman–Crippen MR) is 80.2 cm³/mol. The van der Waals surface area contributed by atoms with Crippen LogP contribution in [-0.2, 0) is 14.3 Å². The van der Waals surface area contributed by atoms with Crippen LogP contribution in [0, 0.1) is 5.82 Å². The maximum absolute atomic E-state index is 12.7. The van der Waals surface area contributed by atoms with Crippen molar-refractivity contribution in [3.05, 3.63) is 30.1 Å². The number of cyclic esters (lactones) is 1. The largest absolute Gasteiger partial charge is 0.460 e. The Morgan fingerprint density at radius 3 is 2.26 bits per heavy atom. The molecule has 2 aliphatic heterocycles. The lowest BCUT2D eigenvalue weighted by molar-refractivity contribution is -0.142. The summed E-state index contributed by atoms with van der Waals surface area (Å²) in [6.45, 7) is -0.0884. The molecule has 23 heavy (non-hydrogen) atoms. The molecule has 0 aliphatic carbocycles. The van der Waals surface area contributed by atoms with Crippen molar-refractivity contribution in [3.63, 3.8) is 0 Å². The molecule has 1 aromatic rings. The number of hydrogen-bond donors (Lipinski definition) is 2. The fraction of sp³-hybridized carbons (Fsp3) is 0.500. The number of halogens is 1. The molecule has 2 fully saturated rings. The summed E-state index contributed by atoms with van der Waals surface area (Å²) >= 11 is 0. The lowest BCUT2D eigenvalue weighted by Gasteiger charge is -2.23. The first-order valence-corrected chi connectivity index (χ1v) is 7.54. The van der Waals surface area contributed by atoms with Crippen molar-refractivity contribution in [2.24, 2.45) is 0 Å². The smallest absolute Gasteiger partial charge is 0.306 e. The number of carbonyl (C=O) groups excluding carboxylic acids is 2. The van der Waals surface area contributed by atoms with E-state index in [2.05, 4.69) is 4.74 Å². The number of anilines is 1. The van der Waals surface area contributed by atoms with Crippen LogP contribution in [0.3, 0.4) is 0 Å². The fourth-order valence-corrected chi connectivity index (χ4v) is 2.58. The third-order valence-electron chi connectivity index (χ3n) is 3.81. The molecular formula is C16H20FNO5. The SMILES string of the molecule is O=C1CC[C@@H](CO)N1c1ccc(F)cc1.O=C1CC[C@H](CO)O1.